The Hall–Kier alpha value is -4.73. The van der Waals surface area contributed by atoms with Gasteiger partial charge in [-0.05, 0) is 82.0 Å². The van der Waals surface area contributed by atoms with Crippen LogP contribution in [0.2, 0.25) is 0 Å². The molecule has 224 valence electrons. The van der Waals surface area contributed by atoms with Crippen molar-refractivity contribution in [2.45, 2.75) is 46.1 Å². The van der Waals surface area contributed by atoms with Gasteiger partial charge in [-0.3, -0.25) is 9.78 Å². The minimum Gasteiger partial charge on any atom is -0.490 e. The number of nitrogens with one attached hydrogen (secondary N) is 1. The van der Waals surface area contributed by atoms with Crippen LogP contribution in [0.1, 0.15) is 39.2 Å². The molecule has 0 saturated carbocycles. The van der Waals surface area contributed by atoms with E-state index in [2.05, 4.69) is 20.2 Å². The molecular weight excluding hydrogens is 549 g/mol. The number of nitrogens with zero attached hydrogens (tertiary/aromatic N) is 4. The molecule has 1 fully saturated rings. The van der Waals surface area contributed by atoms with Crippen LogP contribution in [0.15, 0.2) is 73.1 Å². The van der Waals surface area contributed by atoms with Crippen LogP contribution in [-0.2, 0) is 11.2 Å². The maximum Gasteiger partial charge on any atom is 0.309 e. The minimum atomic E-state index is -0.982. The van der Waals surface area contributed by atoms with Crippen LogP contribution in [0.4, 0.5) is 21.8 Å². The van der Waals surface area contributed by atoms with Gasteiger partial charge in [0.2, 0.25) is 0 Å². The van der Waals surface area contributed by atoms with Gasteiger partial charge in [-0.2, -0.15) is 0 Å². The van der Waals surface area contributed by atoms with Crippen molar-refractivity contribution in [3.05, 3.63) is 84.4 Å². The molecule has 1 saturated heterocycles. The summed E-state index contributed by atoms with van der Waals surface area (Å²) in [6.45, 7) is 7.29. The minimum absolute atomic E-state index is 0.0288. The lowest BCUT2D eigenvalue weighted by atomic mass is 9.85. The predicted octanol–water partition coefficient (Wildman–Crippen LogP) is 6.52. The highest BCUT2D eigenvalue weighted by Crippen LogP contribution is 2.31. The highest BCUT2D eigenvalue weighted by molar-refractivity contribution is 5.74. The monoisotopic (exact) mass is 585 g/mol. The molecule has 0 amide bonds. The Morgan fingerprint density at radius 1 is 1.07 bits per heavy atom. The van der Waals surface area contributed by atoms with E-state index >= 15 is 0 Å². The van der Waals surface area contributed by atoms with Crippen LogP contribution in [-0.4, -0.2) is 51.8 Å². The summed E-state index contributed by atoms with van der Waals surface area (Å²) in [4.78, 5) is 27.5. The first-order chi connectivity index (χ1) is 20.7. The average molecular weight is 586 g/mol. The number of rotatable bonds is 11. The van der Waals surface area contributed by atoms with Gasteiger partial charge in [0.1, 0.15) is 23.6 Å². The van der Waals surface area contributed by atoms with Crippen LogP contribution < -0.4 is 19.7 Å². The molecule has 0 unspecified atom stereocenters. The Kier molecular flexibility index (Phi) is 9.04. The summed E-state index contributed by atoms with van der Waals surface area (Å²) < 4.78 is 26.9. The number of benzene rings is 2. The predicted molar refractivity (Wildman–Crippen MR) is 164 cm³/mol. The van der Waals surface area contributed by atoms with Crippen molar-refractivity contribution in [2.24, 2.45) is 5.41 Å². The van der Waals surface area contributed by atoms with Gasteiger partial charge in [0, 0.05) is 12.1 Å². The molecule has 43 heavy (non-hydrogen) atoms. The molecule has 5 rings (SSSR count). The molecule has 0 aliphatic carbocycles. The van der Waals surface area contributed by atoms with Gasteiger partial charge in [0.15, 0.2) is 17.3 Å². The highest BCUT2D eigenvalue weighted by Gasteiger charge is 2.28. The number of carbonyl (C=O) groups is 1. The second-order valence-corrected chi connectivity index (χ2v) is 11.2. The van der Waals surface area contributed by atoms with Crippen molar-refractivity contribution >= 4 is 23.4 Å². The van der Waals surface area contributed by atoms with Crippen molar-refractivity contribution in [1.82, 2.24) is 15.0 Å². The number of carboxylic acids is 1. The summed E-state index contributed by atoms with van der Waals surface area (Å²) in [5, 5.41) is 12.7. The van der Waals surface area contributed by atoms with E-state index in [-0.39, 0.29) is 12.5 Å². The van der Waals surface area contributed by atoms with Crippen LogP contribution in [0.25, 0.3) is 11.3 Å². The second kappa shape index (κ2) is 13.1. The molecule has 0 radical (unpaired) electrons. The van der Waals surface area contributed by atoms with E-state index in [0.717, 1.165) is 30.9 Å². The molecule has 0 bridgehead atoms. The number of aliphatic carboxylic acids is 1. The second-order valence-electron chi connectivity index (χ2n) is 11.2. The van der Waals surface area contributed by atoms with Gasteiger partial charge in [-0.1, -0.05) is 24.3 Å². The van der Waals surface area contributed by atoms with Gasteiger partial charge >= 0.3 is 5.97 Å². The molecule has 10 heteroatoms. The summed E-state index contributed by atoms with van der Waals surface area (Å²) in [6, 6.07) is 17.6. The van der Waals surface area contributed by atoms with E-state index in [4.69, 9.17) is 14.5 Å². The molecule has 1 aliphatic rings. The lowest BCUT2D eigenvalue weighted by Gasteiger charge is -2.33. The number of para-hydroxylation sites is 2. The Morgan fingerprint density at radius 3 is 2.67 bits per heavy atom. The number of ether oxygens (including phenoxy) is 2. The summed E-state index contributed by atoms with van der Waals surface area (Å²) in [6.07, 6.45) is 5.44. The Labute approximate surface area is 250 Å². The summed E-state index contributed by atoms with van der Waals surface area (Å²) in [5.74, 6) is 1.82. The fourth-order valence-corrected chi connectivity index (χ4v) is 5.06. The largest absolute Gasteiger partial charge is 0.490 e. The van der Waals surface area contributed by atoms with Crippen LogP contribution in [0.3, 0.4) is 0 Å². The first kappa shape index (κ1) is 29.8. The third-order valence-corrected chi connectivity index (χ3v) is 7.30. The van der Waals surface area contributed by atoms with Gasteiger partial charge in [-0.25, -0.2) is 14.4 Å². The number of carboxylic acid groups (broad SMARTS) is 1. The smallest absolute Gasteiger partial charge is 0.309 e. The number of piperidine rings is 1. The molecular formula is C33H36FN5O4. The maximum atomic E-state index is 14.9. The summed E-state index contributed by atoms with van der Waals surface area (Å²) >= 11 is 0. The number of aromatic nitrogens is 3. The number of anilines is 3. The Balaban J connectivity index is 1.29. The SMILES string of the molecule is CCOc1ccccc1O[C@@H]1CCCN(c2cncc(Nc3cccc(-c4cc(CC(C)(C)C(=O)O)ccc4F)n3)n2)C1. The van der Waals surface area contributed by atoms with Crippen molar-refractivity contribution < 1.29 is 23.8 Å². The maximum absolute atomic E-state index is 14.9. The normalized spacial score (nSPS) is 15.2. The lowest BCUT2D eigenvalue weighted by molar-refractivity contribution is -0.146. The van der Waals surface area contributed by atoms with Crippen LogP contribution in [0.5, 0.6) is 11.5 Å². The van der Waals surface area contributed by atoms with E-state index in [1.807, 2.05) is 31.2 Å². The Morgan fingerprint density at radius 2 is 1.88 bits per heavy atom. The molecule has 2 N–H and O–H groups in total. The molecule has 4 aromatic rings. The number of hydrogen-bond acceptors (Lipinski definition) is 8. The fourth-order valence-electron chi connectivity index (χ4n) is 5.06. The quantitative estimate of drug-likeness (QED) is 0.203. The van der Waals surface area contributed by atoms with Gasteiger partial charge in [0.05, 0.1) is 36.7 Å². The van der Waals surface area contributed by atoms with Crippen molar-refractivity contribution in [1.29, 1.82) is 0 Å². The van der Waals surface area contributed by atoms with Crippen molar-refractivity contribution in [3.8, 4) is 22.8 Å². The van der Waals surface area contributed by atoms with E-state index < -0.39 is 17.2 Å². The van der Waals surface area contributed by atoms with Crippen LogP contribution >= 0.6 is 0 Å². The van der Waals surface area contributed by atoms with E-state index in [1.54, 1.807) is 56.6 Å². The van der Waals surface area contributed by atoms with Crippen molar-refractivity contribution in [3.63, 3.8) is 0 Å². The topological polar surface area (TPSA) is 110 Å². The number of pyridine rings is 1. The zero-order valence-corrected chi connectivity index (χ0v) is 24.6. The van der Waals surface area contributed by atoms with Gasteiger partial charge in [-0.15, -0.1) is 0 Å². The molecule has 2 aromatic carbocycles. The fraction of sp³-hybridized carbons (Fsp3) is 0.333. The third kappa shape index (κ3) is 7.38. The lowest BCUT2D eigenvalue weighted by Crippen LogP contribution is -2.41. The number of halogens is 1. The van der Waals surface area contributed by atoms with Gasteiger partial charge < -0.3 is 24.8 Å². The molecule has 1 atom stereocenters. The summed E-state index contributed by atoms with van der Waals surface area (Å²) in [5.41, 5.74) is 0.453. The number of hydrogen-bond donors (Lipinski definition) is 2. The van der Waals surface area contributed by atoms with E-state index in [1.165, 1.54) is 6.07 Å². The van der Waals surface area contributed by atoms with E-state index in [0.29, 0.717) is 47.4 Å². The Bertz CT molecular complexity index is 1580. The molecule has 9 nitrogen and oxygen atoms in total. The molecule has 0 spiro atoms. The van der Waals surface area contributed by atoms with Crippen LogP contribution in [0, 0.1) is 11.2 Å². The zero-order valence-electron chi connectivity index (χ0n) is 24.6. The molecule has 1 aliphatic heterocycles. The first-order valence-electron chi connectivity index (χ1n) is 14.4. The molecule has 3 heterocycles. The van der Waals surface area contributed by atoms with E-state index in [9.17, 15) is 14.3 Å². The first-order valence-corrected chi connectivity index (χ1v) is 14.4. The van der Waals surface area contributed by atoms with Gasteiger partial charge in [0.25, 0.3) is 0 Å². The molecule has 2 aromatic heterocycles. The standard InChI is InChI=1S/C33H36FN5O4/c1-4-42-27-11-5-6-12-28(27)43-23-9-8-16-39(21-23)31-20-35-19-30(38-31)37-29-13-7-10-26(36-29)24-17-22(14-15-25(24)34)18-33(2,3)32(40)41/h5-7,10-15,17,19-20,23H,4,8-9,16,18,21H2,1-3H3,(H,40,41)(H,36,37,38)/t23-/m1/s1. The zero-order chi connectivity index (χ0) is 30.4. The third-order valence-electron chi connectivity index (χ3n) is 7.30. The average Bonchev–Trinajstić information content (AvgIpc) is 2.99. The summed E-state index contributed by atoms with van der Waals surface area (Å²) in [7, 11) is 0. The highest BCUT2D eigenvalue weighted by atomic mass is 19.1. The van der Waals surface area contributed by atoms with Crippen molar-refractivity contribution in [2.75, 3.05) is 29.9 Å².